The summed E-state index contributed by atoms with van der Waals surface area (Å²) in [5.41, 5.74) is 2.93. The van der Waals surface area contributed by atoms with Gasteiger partial charge in [-0.2, -0.15) is 0 Å². The number of halogens is 1. The number of rotatable bonds is 4. The zero-order valence-corrected chi connectivity index (χ0v) is 13.3. The van der Waals surface area contributed by atoms with E-state index < -0.39 is 0 Å². The van der Waals surface area contributed by atoms with Crippen LogP contribution in [0.4, 0.5) is 0 Å². The molecule has 4 heteroatoms. The van der Waals surface area contributed by atoms with Gasteiger partial charge in [-0.25, -0.2) is 4.98 Å². The quantitative estimate of drug-likeness (QED) is 0.900. The highest BCUT2D eigenvalue weighted by atomic mass is 79.9. The van der Waals surface area contributed by atoms with Crippen molar-refractivity contribution in [2.45, 2.75) is 31.7 Å². The minimum Gasteiger partial charge on any atom is -0.309 e. The van der Waals surface area contributed by atoms with Crippen LogP contribution in [0.5, 0.6) is 0 Å². The summed E-state index contributed by atoms with van der Waals surface area (Å²) in [4.78, 5) is 4.39. The standard InChI is InChI=1S/C15H17BrN2S/c1-10(15-17-7-8-19-15)9-18-14-6-5-11-12(14)3-2-4-13(11)16/h2-4,7-8,10,14,18H,5-6,9H2,1H3. The van der Waals surface area contributed by atoms with Gasteiger partial charge in [0.15, 0.2) is 0 Å². The number of nitrogens with zero attached hydrogens (tertiary/aromatic N) is 1. The summed E-state index contributed by atoms with van der Waals surface area (Å²) in [6.45, 7) is 3.23. The minimum atomic E-state index is 0.483. The zero-order valence-electron chi connectivity index (χ0n) is 10.9. The average molecular weight is 337 g/mol. The van der Waals surface area contributed by atoms with Gasteiger partial charge in [-0.1, -0.05) is 35.0 Å². The van der Waals surface area contributed by atoms with Crippen LogP contribution in [0, 0.1) is 0 Å². The summed E-state index contributed by atoms with van der Waals surface area (Å²) < 4.78 is 1.25. The van der Waals surface area contributed by atoms with Gasteiger partial charge in [-0.05, 0) is 30.0 Å². The number of fused-ring (bicyclic) bond motifs is 1. The normalized spacial score (nSPS) is 19.4. The van der Waals surface area contributed by atoms with E-state index in [1.54, 1.807) is 11.3 Å². The van der Waals surface area contributed by atoms with Gasteiger partial charge in [0.1, 0.15) is 0 Å². The third-order valence-corrected chi connectivity index (χ3v) is 5.51. The van der Waals surface area contributed by atoms with Gasteiger partial charge in [-0.15, -0.1) is 11.3 Å². The van der Waals surface area contributed by atoms with Crippen molar-refractivity contribution in [3.63, 3.8) is 0 Å². The molecule has 1 aliphatic rings. The molecule has 1 heterocycles. The lowest BCUT2D eigenvalue weighted by molar-refractivity contribution is 0.503. The fourth-order valence-electron chi connectivity index (χ4n) is 2.71. The third-order valence-electron chi connectivity index (χ3n) is 3.76. The molecule has 2 nitrogen and oxygen atoms in total. The maximum absolute atomic E-state index is 4.39. The number of hydrogen-bond acceptors (Lipinski definition) is 3. The van der Waals surface area contributed by atoms with E-state index in [1.807, 2.05) is 11.6 Å². The van der Waals surface area contributed by atoms with E-state index in [4.69, 9.17) is 0 Å². The molecular formula is C15H17BrN2S. The second-order valence-corrected chi connectivity index (χ2v) is 6.86. The highest BCUT2D eigenvalue weighted by Crippen LogP contribution is 2.35. The maximum atomic E-state index is 4.39. The van der Waals surface area contributed by atoms with E-state index >= 15 is 0 Å². The molecule has 1 aliphatic carbocycles. The Kier molecular flexibility index (Phi) is 4.01. The molecular weight excluding hydrogens is 320 g/mol. The number of thiazole rings is 1. The van der Waals surface area contributed by atoms with Crippen molar-refractivity contribution in [2.24, 2.45) is 0 Å². The Morgan fingerprint density at radius 3 is 3.21 bits per heavy atom. The maximum Gasteiger partial charge on any atom is 0.0965 e. The molecule has 1 N–H and O–H groups in total. The topological polar surface area (TPSA) is 24.9 Å². The largest absolute Gasteiger partial charge is 0.309 e. The first-order valence-corrected chi connectivity index (χ1v) is 8.33. The van der Waals surface area contributed by atoms with Crippen LogP contribution in [0.25, 0.3) is 0 Å². The Morgan fingerprint density at radius 1 is 1.53 bits per heavy atom. The second kappa shape index (κ2) is 5.73. The van der Waals surface area contributed by atoms with E-state index in [0.29, 0.717) is 12.0 Å². The summed E-state index contributed by atoms with van der Waals surface area (Å²) in [6, 6.07) is 7.01. The van der Waals surface area contributed by atoms with Gasteiger partial charge in [0, 0.05) is 34.6 Å². The van der Waals surface area contributed by atoms with Crippen LogP contribution in [-0.4, -0.2) is 11.5 Å². The van der Waals surface area contributed by atoms with Gasteiger partial charge < -0.3 is 5.32 Å². The van der Waals surface area contributed by atoms with Crippen molar-refractivity contribution in [1.29, 1.82) is 0 Å². The number of nitrogens with one attached hydrogen (secondary N) is 1. The fraction of sp³-hybridized carbons (Fsp3) is 0.400. The summed E-state index contributed by atoms with van der Waals surface area (Å²) in [5.74, 6) is 0.483. The second-order valence-electron chi connectivity index (χ2n) is 5.08. The molecule has 0 aliphatic heterocycles. The van der Waals surface area contributed by atoms with Gasteiger partial charge in [-0.3, -0.25) is 0 Å². The molecule has 0 radical (unpaired) electrons. The van der Waals surface area contributed by atoms with Crippen molar-refractivity contribution >= 4 is 27.3 Å². The van der Waals surface area contributed by atoms with Gasteiger partial charge in [0.25, 0.3) is 0 Å². The average Bonchev–Trinajstić information content (AvgIpc) is 3.06. The lowest BCUT2D eigenvalue weighted by Crippen LogP contribution is -2.24. The first-order valence-electron chi connectivity index (χ1n) is 6.65. The summed E-state index contributed by atoms with van der Waals surface area (Å²) in [5, 5.41) is 6.97. The first kappa shape index (κ1) is 13.3. The highest BCUT2D eigenvalue weighted by molar-refractivity contribution is 9.10. The molecule has 0 bridgehead atoms. The van der Waals surface area contributed by atoms with E-state index in [9.17, 15) is 0 Å². The summed E-state index contributed by atoms with van der Waals surface area (Å²) >= 11 is 5.39. The fourth-order valence-corrected chi connectivity index (χ4v) is 3.98. The predicted molar refractivity (Wildman–Crippen MR) is 83.7 cm³/mol. The van der Waals surface area contributed by atoms with Gasteiger partial charge in [0.2, 0.25) is 0 Å². The Balaban J connectivity index is 1.66. The molecule has 0 saturated carbocycles. The third kappa shape index (κ3) is 2.76. The number of benzene rings is 1. The van der Waals surface area contributed by atoms with Crippen LogP contribution in [-0.2, 0) is 6.42 Å². The van der Waals surface area contributed by atoms with Crippen LogP contribution in [0.3, 0.4) is 0 Å². The Morgan fingerprint density at radius 2 is 2.42 bits per heavy atom. The number of aromatic nitrogens is 1. The van der Waals surface area contributed by atoms with E-state index in [-0.39, 0.29) is 0 Å². The van der Waals surface area contributed by atoms with Crippen molar-refractivity contribution in [2.75, 3.05) is 6.54 Å². The Hall–Kier alpha value is -0.710. The smallest absolute Gasteiger partial charge is 0.0965 e. The highest BCUT2D eigenvalue weighted by Gasteiger charge is 2.24. The van der Waals surface area contributed by atoms with Gasteiger partial charge >= 0.3 is 0 Å². The molecule has 0 amide bonds. The molecule has 0 saturated heterocycles. The molecule has 1 aromatic heterocycles. The van der Waals surface area contributed by atoms with Crippen molar-refractivity contribution in [3.05, 3.63) is 50.4 Å². The lowest BCUT2D eigenvalue weighted by Gasteiger charge is -2.17. The minimum absolute atomic E-state index is 0.483. The Bertz CT molecular complexity index is 553. The number of hydrogen-bond donors (Lipinski definition) is 1. The van der Waals surface area contributed by atoms with Gasteiger partial charge in [0.05, 0.1) is 5.01 Å². The zero-order chi connectivity index (χ0) is 13.2. The van der Waals surface area contributed by atoms with Crippen LogP contribution in [0.15, 0.2) is 34.2 Å². The molecule has 19 heavy (non-hydrogen) atoms. The van der Waals surface area contributed by atoms with Crippen LogP contribution < -0.4 is 5.32 Å². The monoisotopic (exact) mass is 336 g/mol. The first-order chi connectivity index (χ1) is 9.25. The summed E-state index contributed by atoms with van der Waals surface area (Å²) in [7, 11) is 0. The lowest BCUT2D eigenvalue weighted by atomic mass is 10.1. The van der Waals surface area contributed by atoms with E-state index in [0.717, 1.165) is 6.54 Å². The van der Waals surface area contributed by atoms with Crippen molar-refractivity contribution in [3.8, 4) is 0 Å². The Labute approximate surface area is 126 Å². The van der Waals surface area contributed by atoms with E-state index in [1.165, 1.54) is 33.4 Å². The SMILES string of the molecule is CC(CNC1CCc2c(Br)cccc21)c1nccs1. The van der Waals surface area contributed by atoms with Crippen molar-refractivity contribution < 1.29 is 0 Å². The molecule has 0 fully saturated rings. The molecule has 2 unspecified atom stereocenters. The molecule has 0 spiro atoms. The molecule has 2 atom stereocenters. The van der Waals surface area contributed by atoms with Crippen LogP contribution >= 0.6 is 27.3 Å². The molecule has 3 rings (SSSR count). The van der Waals surface area contributed by atoms with Crippen LogP contribution in [0.1, 0.15) is 41.4 Å². The molecule has 100 valence electrons. The summed E-state index contributed by atoms with van der Waals surface area (Å²) in [6.07, 6.45) is 4.25. The van der Waals surface area contributed by atoms with Crippen molar-refractivity contribution in [1.82, 2.24) is 10.3 Å². The predicted octanol–water partition coefficient (Wildman–Crippen LogP) is 4.29. The molecule has 1 aromatic carbocycles. The molecule has 2 aromatic rings. The van der Waals surface area contributed by atoms with E-state index in [2.05, 4.69) is 51.4 Å². The van der Waals surface area contributed by atoms with Crippen LogP contribution in [0.2, 0.25) is 0 Å².